The molecule has 0 saturated carbocycles. The molecule has 3 heterocycles. The Morgan fingerprint density at radius 2 is 1.86 bits per heavy atom. The zero-order chi connectivity index (χ0) is 20.3. The molecule has 2 atom stereocenters. The summed E-state index contributed by atoms with van der Waals surface area (Å²) < 4.78 is 0. The van der Waals surface area contributed by atoms with Crippen molar-refractivity contribution >= 4 is 23.6 Å². The van der Waals surface area contributed by atoms with Gasteiger partial charge in [0.25, 0.3) is 5.91 Å². The summed E-state index contributed by atoms with van der Waals surface area (Å²) in [7, 11) is 1.70. The fourth-order valence-electron chi connectivity index (χ4n) is 4.16. The van der Waals surface area contributed by atoms with Crippen LogP contribution in [0.2, 0.25) is 0 Å². The molecule has 0 aliphatic carbocycles. The van der Waals surface area contributed by atoms with Crippen molar-refractivity contribution in [2.45, 2.75) is 39.9 Å². The van der Waals surface area contributed by atoms with Crippen LogP contribution in [0.5, 0.6) is 0 Å². The normalized spacial score (nSPS) is 24.1. The van der Waals surface area contributed by atoms with Crippen LogP contribution in [0.4, 0.5) is 10.5 Å². The number of imide groups is 1. The lowest BCUT2D eigenvalue weighted by Crippen LogP contribution is -2.64. The van der Waals surface area contributed by atoms with Gasteiger partial charge >= 0.3 is 6.03 Å². The maximum Gasteiger partial charge on any atom is 0.328 e. The van der Waals surface area contributed by atoms with Gasteiger partial charge in [-0.1, -0.05) is 18.2 Å². The van der Waals surface area contributed by atoms with E-state index in [2.05, 4.69) is 43.5 Å². The fourth-order valence-corrected chi connectivity index (χ4v) is 4.16. The molecule has 3 amide bonds. The number of urea groups is 1. The van der Waals surface area contributed by atoms with Crippen molar-refractivity contribution in [2.75, 3.05) is 18.5 Å². The number of carbonyl (C=O) groups is 2. The van der Waals surface area contributed by atoms with Crippen LogP contribution in [0, 0.1) is 13.8 Å². The third-order valence-corrected chi connectivity index (χ3v) is 5.81. The number of anilines is 1. The minimum absolute atomic E-state index is 0.191. The van der Waals surface area contributed by atoms with Gasteiger partial charge in [0.15, 0.2) is 12.2 Å². The molecule has 0 spiro atoms. The second-order valence-electron chi connectivity index (χ2n) is 7.58. The Balaban J connectivity index is 1.82. The van der Waals surface area contributed by atoms with Gasteiger partial charge in [-0.25, -0.2) is 9.79 Å². The lowest BCUT2D eigenvalue weighted by Gasteiger charge is -2.40. The van der Waals surface area contributed by atoms with Crippen LogP contribution in [0.1, 0.15) is 25.0 Å². The highest BCUT2D eigenvalue weighted by molar-refractivity contribution is 6.10. The van der Waals surface area contributed by atoms with Crippen LogP contribution < -0.4 is 4.90 Å². The Morgan fingerprint density at radius 3 is 2.54 bits per heavy atom. The number of carbonyl (C=O) groups excluding carboxylic acids is 2. The molecule has 7 nitrogen and oxygen atoms in total. The Labute approximate surface area is 165 Å². The number of hydrogen-bond donors (Lipinski definition) is 0. The van der Waals surface area contributed by atoms with E-state index in [1.807, 2.05) is 18.7 Å². The lowest BCUT2D eigenvalue weighted by atomic mass is 10.1. The number of rotatable bonds is 3. The molecule has 1 fully saturated rings. The topological polar surface area (TPSA) is 59.5 Å². The molecule has 0 N–H and O–H groups in total. The molecule has 0 bridgehead atoms. The van der Waals surface area contributed by atoms with Gasteiger partial charge in [-0.15, -0.1) is 6.58 Å². The third kappa shape index (κ3) is 2.32. The molecular weight excluding hydrogens is 354 g/mol. The number of amides is 3. The van der Waals surface area contributed by atoms with Gasteiger partial charge in [0, 0.05) is 25.0 Å². The molecular formula is C21H25N5O2. The van der Waals surface area contributed by atoms with Crippen LogP contribution in [0.3, 0.4) is 0 Å². The van der Waals surface area contributed by atoms with E-state index >= 15 is 0 Å². The van der Waals surface area contributed by atoms with Crippen LogP contribution in [-0.2, 0) is 4.79 Å². The van der Waals surface area contributed by atoms with Crippen LogP contribution in [0.15, 0.2) is 47.2 Å². The van der Waals surface area contributed by atoms with Crippen molar-refractivity contribution in [2.24, 2.45) is 4.99 Å². The summed E-state index contributed by atoms with van der Waals surface area (Å²) in [6.07, 6.45) is 1.04. The van der Waals surface area contributed by atoms with Gasteiger partial charge in [0.05, 0.1) is 5.69 Å². The standard InChI is InChI=1S/C21H25N5O2/c1-7-10-24-19(27)17-18(23(6)21(24)28)22-20-25(14(4)15(5)26(17)20)16-11-12(2)8-9-13(16)3/h7-9,11,17-18H,1,10H2,2-6H3. The van der Waals surface area contributed by atoms with Gasteiger partial charge in [0.1, 0.15) is 0 Å². The number of aryl methyl sites for hydroxylation is 2. The first kappa shape index (κ1) is 18.3. The Morgan fingerprint density at radius 1 is 1.14 bits per heavy atom. The molecule has 4 rings (SSSR count). The van der Waals surface area contributed by atoms with E-state index in [-0.39, 0.29) is 18.5 Å². The minimum atomic E-state index is -0.553. The second kappa shape index (κ2) is 6.22. The number of likely N-dealkylation sites (N-methyl/N-ethyl adjacent to an activating group) is 1. The average molecular weight is 379 g/mol. The maximum absolute atomic E-state index is 13.2. The number of allylic oxidation sites excluding steroid dienone is 2. The molecule has 1 aromatic carbocycles. The number of guanidine groups is 1. The summed E-state index contributed by atoms with van der Waals surface area (Å²) in [5.74, 6) is 0.467. The van der Waals surface area contributed by atoms with Gasteiger partial charge in [-0.2, -0.15) is 0 Å². The molecule has 2 unspecified atom stereocenters. The molecule has 1 aromatic rings. The summed E-state index contributed by atoms with van der Waals surface area (Å²) in [6.45, 7) is 12.0. The summed E-state index contributed by atoms with van der Waals surface area (Å²) in [5.41, 5.74) is 5.33. The predicted octanol–water partition coefficient (Wildman–Crippen LogP) is 2.82. The van der Waals surface area contributed by atoms with E-state index < -0.39 is 12.2 Å². The van der Waals surface area contributed by atoms with E-state index in [1.54, 1.807) is 18.0 Å². The van der Waals surface area contributed by atoms with Crippen molar-refractivity contribution in [3.05, 3.63) is 53.4 Å². The molecule has 3 aliphatic rings. The van der Waals surface area contributed by atoms with Crippen molar-refractivity contribution in [1.82, 2.24) is 14.7 Å². The molecule has 1 saturated heterocycles. The first-order chi connectivity index (χ1) is 13.3. The monoisotopic (exact) mass is 379 g/mol. The smallest absolute Gasteiger partial charge is 0.302 e. The van der Waals surface area contributed by atoms with Crippen LogP contribution >= 0.6 is 0 Å². The highest BCUT2D eigenvalue weighted by atomic mass is 16.2. The molecule has 0 aromatic heterocycles. The molecule has 7 heteroatoms. The number of hydrogen-bond acceptors (Lipinski definition) is 5. The largest absolute Gasteiger partial charge is 0.328 e. The van der Waals surface area contributed by atoms with Crippen LogP contribution in [0.25, 0.3) is 0 Å². The number of benzene rings is 1. The van der Waals surface area contributed by atoms with Gasteiger partial charge in [-0.3, -0.25) is 19.5 Å². The summed E-state index contributed by atoms with van der Waals surface area (Å²) >= 11 is 0. The van der Waals surface area contributed by atoms with E-state index in [1.165, 1.54) is 4.90 Å². The van der Waals surface area contributed by atoms with Crippen molar-refractivity contribution in [1.29, 1.82) is 0 Å². The lowest BCUT2D eigenvalue weighted by molar-refractivity contribution is -0.136. The van der Waals surface area contributed by atoms with Gasteiger partial charge in [-0.05, 0) is 44.9 Å². The molecule has 3 aliphatic heterocycles. The number of nitrogens with zero attached hydrogens (tertiary/aromatic N) is 5. The quantitative estimate of drug-likeness (QED) is 0.758. The average Bonchev–Trinajstić information content (AvgIpc) is 3.15. The highest BCUT2D eigenvalue weighted by Gasteiger charge is 2.55. The Kier molecular flexibility index (Phi) is 4.06. The summed E-state index contributed by atoms with van der Waals surface area (Å²) in [4.78, 5) is 37.5. The van der Waals surface area contributed by atoms with Crippen LogP contribution in [-0.4, -0.2) is 58.4 Å². The first-order valence-corrected chi connectivity index (χ1v) is 9.39. The molecule has 0 radical (unpaired) electrons. The fraction of sp³-hybridized carbons (Fsp3) is 0.381. The van der Waals surface area contributed by atoms with Gasteiger partial charge < -0.3 is 4.90 Å². The Bertz CT molecular complexity index is 964. The molecule has 146 valence electrons. The zero-order valence-electron chi connectivity index (χ0n) is 16.9. The first-order valence-electron chi connectivity index (χ1n) is 9.39. The summed E-state index contributed by atoms with van der Waals surface area (Å²) in [5, 5.41) is 0. The van der Waals surface area contributed by atoms with Crippen molar-refractivity contribution < 1.29 is 9.59 Å². The molecule has 28 heavy (non-hydrogen) atoms. The van der Waals surface area contributed by atoms with E-state index in [0.717, 1.165) is 28.2 Å². The van der Waals surface area contributed by atoms with Gasteiger partial charge in [0.2, 0.25) is 5.96 Å². The zero-order valence-corrected chi connectivity index (χ0v) is 16.9. The predicted molar refractivity (Wildman–Crippen MR) is 109 cm³/mol. The SMILES string of the molecule is C=CCN1C(=O)C2C(N=C3N(c4cc(C)ccc4C)C(C)=C(C)N32)N(C)C1=O. The minimum Gasteiger partial charge on any atom is -0.302 e. The number of fused-ring (bicyclic) bond motifs is 3. The highest BCUT2D eigenvalue weighted by Crippen LogP contribution is 2.40. The number of aliphatic imine (C=N–C) groups is 1. The second-order valence-corrected chi connectivity index (χ2v) is 7.58. The van der Waals surface area contributed by atoms with Crippen molar-refractivity contribution in [3.8, 4) is 0 Å². The van der Waals surface area contributed by atoms with E-state index in [9.17, 15) is 9.59 Å². The Hall–Kier alpha value is -3.09. The van der Waals surface area contributed by atoms with Crippen molar-refractivity contribution in [3.63, 3.8) is 0 Å². The van der Waals surface area contributed by atoms with E-state index in [4.69, 9.17) is 4.99 Å². The third-order valence-electron chi connectivity index (χ3n) is 5.81. The van der Waals surface area contributed by atoms with E-state index in [0.29, 0.717) is 5.96 Å². The maximum atomic E-state index is 13.2. The summed E-state index contributed by atoms with van der Waals surface area (Å²) in [6, 6.07) is 5.40.